The van der Waals surface area contributed by atoms with Crippen molar-refractivity contribution in [1.29, 1.82) is 0 Å². The number of benzene rings is 1. The molecule has 0 atom stereocenters. The number of carbonyl (C=O) groups is 2. The normalized spacial score (nSPS) is 15.9. The molecule has 2 aliphatic carbocycles. The number of halogens is 2. The number of carbonyl (C=O) groups excluding carboxylic acids is 2. The third-order valence-corrected chi connectivity index (χ3v) is 5.09. The molecule has 0 N–H and O–H groups in total. The Morgan fingerprint density at radius 1 is 1.10 bits per heavy atom. The highest BCUT2D eigenvalue weighted by atomic mass is 79.9. The highest BCUT2D eigenvalue weighted by Crippen LogP contribution is 2.43. The molecule has 0 amide bonds. The largest absolute Gasteiger partial charge is 0.289 e. The van der Waals surface area contributed by atoms with Crippen molar-refractivity contribution in [3.63, 3.8) is 0 Å². The number of hydrogen-bond donors (Lipinski definition) is 0. The summed E-state index contributed by atoms with van der Waals surface area (Å²) in [5.41, 5.74) is 3.56. The summed E-state index contributed by atoms with van der Waals surface area (Å²) in [5.74, 6) is -0.230. The van der Waals surface area contributed by atoms with Gasteiger partial charge in [0.15, 0.2) is 11.6 Å². The number of Topliss-reactive ketones (excluding diaryl/α,β-unsaturated/α-hetero) is 2. The molecular formula is C16H7BrClNO2. The van der Waals surface area contributed by atoms with Gasteiger partial charge in [0.25, 0.3) is 0 Å². The van der Waals surface area contributed by atoms with E-state index in [9.17, 15) is 9.59 Å². The second-order valence-electron chi connectivity index (χ2n) is 5.03. The second kappa shape index (κ2) is 4.36. The molecule has 1 aromatic carbocycles. The molecule has 0 saturated carbocycles. The molecule has 0 spiro atoms. The molecule has 0 bridgehead atoms. The van der Waals surface area contributed by atoms with Gasteiger partial charge < -0.3 is 0 Å². The van der Waals surface area contributed by atoms with Gasteiger partial charge in [-0.1, -0.05) is 11.6 Å². The Balaban J connectivity index is 1.98. The van der Waals surface area contributed by atoms with E-state index < -0.39 is 0 Å². The Hall–Kier alpha value is -1.78. The van der Waals surface area contributed by atoms with E-state index in [0.717, 1.165) is 11.1 Å². The monoisotopic (exact) mass is 359 g/mol. The number of rotatable bonds is 0. The third kappa shape index (κ3) is 1.69. The molecule has 2 aromatic rings. The summed E-state index contributed by atoms with van der Waals surface area (Å²) in [6.07, 6.45) is 3.44. The maximum absolute atomic E-state index is 12.7. The first-order chi connectivity index (χ1) is 10.1. The lowest BCUT2D eigenvalue weighted by atomic mass is 9.85. The number of fused-ring (bicyclic) bond motifs is 3. The molecule has 1 heterocycles. The molecule has 2 aliphatic rings. The minimum atomic E-state index is -0.138. The van der Waals surface area contributed by atoms with E-state index in [4.69, 9.17) is 11.6 Å². The van der Waals surface area contributed by atoms with Crippen molar-refractivity contribution in [3.05, 3.63) is 67.9 Å². The van der Waals surface area contributed by atoms with E-state index >= 15 is 0 Å². The van der Waals surface area contributed by atoms with Crippen LogP contribution in [0, 0.1) is 0 Å². The van der Waals surface area contributed by atoms with E-state index in [1.165, 1.54) is 12.4 Å². The smallest absolute Gasteiger partial charge is 0.196 e. The number of pyridine rings is 1. The molecule has 0 saturated heterocycles. The summed E-state index contributed by atoms with van der Waals surface area (Å²) >= 11 is 9.48. The molecule has 5 heteroatoms. The van der Waals surface area contributed by atoms with Crippen molar-refractivity contribution in [2.24, 2.45) is 0 Å². The number of hydrogen-bond acceptors (Lipinski definition) is 3. The van der Waals surface area contributed by atoms with Crippen LogP contribution in [0.4, 0.5) is 0 Å². The van der Waals surface area contributed by atoms with Crippen molar-refractivity contribution in [2.45, 2.75) is 6.42 Å². The number of ketones is 2. The van der Waals surface area contributed by atoms with Gasteiger partial charge in [-0.2, -0.15) is 0 Å². The lowest BCUT2D eigenvalue weighted by molar-refractivity contribution is 0.0991. The fraction of sp³-hybridized carbons (Fsp3) is 0.0625. The molecule has 3 nitrogen and oxygen atoms in total. The minimum absolute atomic E-state index is 0.0922. The summed E-state index contributed by atoms with van der Waals surface area (Å²) in [6.45, 7) is 0. The van der Waals surface area contributed by atoms with Crippen LogP contribution in [0.2, 0.25) is 5.02 Å². The average Bonchev–Trinajstić information content (AvgIpc) is 2.84. The van der Waals surface area contributed by atoms with Gasteiger partial charge in [-0.15, -0.1) is 0 Å². The van der Waals surface area contributed by atoms with E-state index in [0.29, 0.717) is 38.2 Å². The van der Waals surface area contributed by atoms with Gasteiger partial charge in [-0.3, -0.25) is 14.6 Å². The van der Waals surface area contributed by atoms with Crippen LogP contribution in [0.15, 0.2) is 40.6 Å². The molecule has 0 aliphatic heterocycles. The minimum Gasteiger partial charge on any atom is -0.289 e. The average molecular weight is 361 g/mol. The molecule has 0 unspecified atom stereocenters. The zero-order chi connectivity index (χ0) is 14.7. The van der Waals surface area contributed by atoms with Crippen LogP contribution in [0.5, 0.6) is 0 Å². The lowest BCUT2D eigenvalue weighted by Crippen LogP contribution is -2.19. The Morgan fingerprint density at radius 3 is 2.71 bits per heavy atom. The summed E-state index contributed by atoms with van der Waals surface area (Å²) in [4.78, 5) is 29.3. The number of nitrogens with zero attached hydrogens (tertiary/aromatic N) is 1. The highest BCUT2D eigenvalue weighted by molar-refractivity contribution is 9.10. The van der Waals surface area contributed by atoms with Crippen LogP contribution in [-0.4, -0.2) is 16.6 Å². The van der Waals surface area contributed by atoms with E-state index in [-0.39, 0.29) is 11.6 Å². The zero-order valence-corrected chi connectivity index (χ0v) is 13.0. The van der Waals surface area contributed by atoms with Gasteiger partial charge in [0.05, 0.1) is 10.6 Å². The lowest BCUT2D eigenvalue weighted by Gasteiger charge is -2.16. The first-order valence-electron chi connectivity index (χ1n) is 6.33. The van der Waals surface area contributed by atoms with Gasteiger partial charge in [-0.05, 0) is 45.3 Å². The van der Waals surface area contributed by atoms with Gasteiger partial charge in [0, 0.05) is 40.0 Å². The van der Waals surface area contributed by atoms with E-state index in [2.05, 4.69) is 20.9 Å². The first kappa shape index (κ1) is 12.9. The standard InChI is InChI=1S/C16H7BrClNO2/c17-12-5-9-7(4-13(12)18)3-10-14(9)16(21)11-6-19-2-1-8(11)15(10)20/h1-2,4-6H,3H2. The summed E-state index contributed by atoms with van der Waals surface area (Å²) in [7, 11) is 0. The topological polar surface area (TPSA) is 47.0 Å². The van der Waals surface area contributed by atoms with Gasteiger partial charge in [0.1, 0.15) is 0 Å². The summed E-state index contributed by atoms with van der Waals surface area (Å²) < 4.78 is 0.717. The molecule has 4 rings (SSSR count). The van der Waals surface area contributed by atoms with E-state index in [1.54, 1.807) is 6.07 Å². The van der Waals surface area contributed by atoms with Crippen LogP contribution in [0.25, 0.3) is 5.57 Å². The van der Waals surface area contributed by atoms with Crippen LogP contribution in [0.1, 0.15) is 31.8 Å². The quantitative estimate of drug-likeness (QED) is 0.716. The van der Waals surface area contributed by atoms with Gasteiger partial charge in [-0.25, -0.2) is 0 Å². The Morgan fingerprint density at radius 2 is 1.90 bits per heavy atom. The fourth-order valence-electron chi connectivity index (χ4n) is 2.93. The van der Waals surface area contributed by atoms with Crippen LogP contribution >= 0.6 is 27.5 Å². The summed E-state index contributed by atoms with van der Waals surface area (Å²) in [6, 6.07) is 5.22. The van der Waals surface area contributed by atoms with Crippen molar-refractivity contribution in [1.82, 2.24) is 4.98 Å². The highest BCUT2D eigenvalue weighted by Gasteiger charge is 2.37. The summed E-state index contributed by atoms with van der Waals surface area (Å²) in [5, 5.41) is 0.577. The number of allylic oxidation sites excluding steroid dienone is 2. The van der Waals surface area contributed by atoms with Crippen molar-refractivity contribution in [3.8, 4) is 0 Å². The number of aromatic nitrogens is 1. The maximum atomic E-state index is 12.7. The zero-order valence-electron chi connectivity index (χ0n) is 10.6. The molecule has 21 heavy (non-hydrogen) atoms. The van der Waals surface area contributed by atoms with Crippen LogP contribution in [-0.2, 0) is 6.42 Å². The predicted molar refractivity (Wildman–Crippen MR) is 82.7 cm³/mol. The molecule has 0 fully saturated rings. The second-order valence-corrected chi connectivity index (χ2v) is 6.29. The van der Waals surface area contributed by atoms with Crippen molar-refractivity contribution < 1.29 is 9.59 Å². The predicted octanol–water partition coefficient (Wildman–Crippen LogP) is 3.89. The fourth-order valence-corrected chi connectivity index (χ4v) is 3.46. The molecular weight excluding hydrogens is 354 g/mol. The molecule has 102 valence electrons. The van der Waals surface area contributed by atoms with Crippen molar-refractivity contribution in [2.75, 3.05) is 0 Å². The Labute approximate surface area is 133 Å². The van der Waals surface area contributed by atoms with E-state index in [1.807, 2.05) is 12.1 Å². The van der Waals surface area contributed by atoms with Gasteiger partial charge >= 0.3 is 0 Å². The molecule has 1 aromatic heterocycles. The van der Waals surface area contributed by atoms with Crippen molar-refractivity contribution >= 4 is 44.7 Å². The Bertz CT molecular complexity index is 886. The van der Waals surface area contributed by atoms with Gasteiger partial charge in [0.2, 0.25) is 0 Å². The first-order valence-corrected chi connectivity index (χ1v) is 7.50. The van der Waals surface area contributed by atoms with Crippen LogP contribution in [0.3, 0.4) is 0 Å². The molecule has 0 radical (unpaired) electrons. The Kier molecular flexibility index (Phi) is 2.68. The van der Waals surface area contributed by atoms with Crippen LogP contribution < -0.4 is 0 Å². The third-order valence-electron chi connectivity index (χ3n) is 3.90. The maximum Gasteiger partial charge on any atom is 0.196 e. The SMILES string of the molecule is O=C1C2=C(C(=O)c3cnccc31)c1cc(Br)c(Cl)cc1C2.